The van der Waals surface area contributed by atoms with Crippen LogP contribution in [0.4, 0.5) is 5.82 Å². The predicted octanol–water partition coefficient (Wildman–Crippen LogP) is 4.68. The molecule has 0 unspecified atom stereocenters. The number of rotatable bonds is 6. The molecule has 3 amide bonds. The van der Waals surface area contributed by atoms with Crippen molar-refractivity contribution in [2.45, 2.75) is 12.5 Å². The van der Waals surface area contributed by atoms with Crippen molar-refractivity contribution < 1.29 is 14.4 Å². The summed E-state index contributed by atoms with van der Waals surface area (Å²) in [6, 6.07) is 23.8. The van der Waals surface area contributed by atoms with Crippen molar-refractivity contribution >= 4 is 35.1 Å². The van der Waals surface area contributed by atoms with E-state index in [9.17, 15) is 14.4 Å². The molecular weight excluding hydrogens is 588 g/mol. The van der Waals surface area contributed by atoms with Gasteiger partial charge in [-0.05, 0) is 61.0 Å². The van der Waals surface area contributed by atoms with Crippen LogP contribution < -0.4 is 11.1 Å². The Morgan fingerprint density at radius 3 is 2.09 bits per heavy atom. The lowest BCUT2D eigenvalue weighted by atomic mass is 10.0. The SMILES string of the molecule is CN1CCN(C(=O)c2ccc(-c3cnc(N)c(C(=O)N[C@@H]4CCN(C(=O)c5ccc(-c6ccccc6Cl)cc5)C4)c3)cc2)CC1. The highest BCUT2D eigenvalue weighted by atomic mass is 35.5. The molecule has 2 aliphatic heterocycles. The number of nitrogen functional groups attached to an aromatic ring is 1. The molecule has 1 atom stereocenters. The molecule has 1 aromatic heterocycles. The lowest BCUT2D eigenvalue weighted by Crippen LogP contribution is -2.47. The molecule has 9 nitrogen and oxygen atoms in total. The van der Waals surface area contributed by atoms with E-state index < -0.39 is 0 Å². The molecule has 2 saturated heterocycles. The van der Waals surface area contributed by atoms with Crippen molar-refractivity contribution in [2.24, 2.45) is 0 Å². The average molecular weight is 623 g/mol. The second kappa shape index (κ2) is 13.1. The summed E-state index contributed by atoms with van der Waals surface area (Å²) in [4.78, 5) is 49.5. The fraction of sp³-hybridized carbons (Fsp3) is 0.257. The molecule has 2 fully saturated rings. The summed E-state index contributed by atoms with van der Waals surface area (Å²) in [5.74, 6) is -0.284. The highest BCUT2D eigenvalue weighted by Gasteiger charge is 2.29. The van der Waals surface area contributed by atoms with Gasteiger partial charge in [0.25, 0.3) is 17.7 Å². The van der Waals surface area contributed by atoms with Gasteiger partial charge in [0.2, 0.25) is 0 Å². The molecule has 45 heavy (non-hydrogen) atoms. The number of pyridine rings is 1. The second-order valence-corrected chi connectivity index (χ2v) is 12.0. The lowest BCUT2D eigenvalue weighted by molar-refractivity contribution is 0.0663. The van der Waals surface area contributed by atoms with Crippen LogP contribution in [0.5, 0.6) is 0 Å². The number of nitrogens with one attached hydrogen (secondary N) is 1. The van der Waals surface area contributed by atoms with Crippen LogP contribution in [0.3, 0.4) is 0 Å². The third kappa shape index (κ3) is 6.69. The molecule has 3 N–H and O–H groups in total. The molecule has 0 spiro atoms. The van der Waals surface area contributed by atoms with Crippen molar-refractivity contribution in [1.82, 2.24) is 25.0 Å². The maximum absolute atomic E-state index is 13.3. The van der Waals surface area contributed by atoms with Gasteiger partial charge in [-0.15, -0.1) is 0 Å². The Labute approximate surface area is 267 Å². The summed E-state index contributed by atoms with van der Waals surface area (Å²) in [7, 11) is 2.06. The third-order valence-corrected chi connectivity index (χ3v) is 8.88. The van der Waals surface area contributed by atoms with Gasteiger partial charge in [0, 0.05) is 78.8 Å². The normalized spacial score (nSPS) is 16.9. The van der Waals surface area contributed by atoms with Crippen LogP contribution >= 0.6 is 11.6 Å². The highest BCUT2D eigenvalue weighted by Crippen LogP contribution is 2.28. The van der Waals surface area contributed by atoms with Gasteiger partial charge in [-0.25, -0.2) is 4.98 Å². The number of carbonyl (C=O) groups is 3. The maximum Gasteiger partial charge on any atom is 0.255 e. The molecular formula is C35H35ClN6O3. The zero-order chi connectivity index (χ0) is 31.5. The summed E-state index contributed by atoms with van der Waals surface area (Å²) < 4.78 is 0. The van der Waals surface area contributed by atoms with Gasteiger partial charge in [-0.1, -0.05) is 54.1 Å². The molecule has 10 heteroatoms. The van der Waals surface area contributed by atoms with Crippen LogP contribution in [-0.2, 0) is 0 Å². The molecule has 3 aromatic carbocycles. The minimum atomic E-state index is -0.341. The number of hydrogen-bond donors (Lipinski definition) is 2. The van der Waals surface area contributed by atoms with Crippen molar-refractivity contribution in [2.75, 3.05) is 52.0 Å². The predicted molar refractivity (Wildman–Crippen MR) is 176 cm³/mol. The summed E-state index contributed by atoms with van der Waals surface area (Å²) in [6.45, 7) is 4.07. The molecule has 230 valence electrons. The fourth-order valence-electron chi connectivity index (χ4n) is 5.81. The van der Waals surface area contributed by atoms with Gasteiger partial charge < -0.3 is 25.8 Å². The highest BCUT2D eigenvalue weighted by molar-refractivity contribution is 6.33. The zero-order valence-electron chi connectivity index (χ0n) is 25.1. The maximum atomic E-state index is 13.3. The molecule has 3 heterocycles. The minimum Gasteiger partial charge on any atom is -0.383 e. The van der Waals surface area contributed by atoms with E-state index in [-0.39, 0.29) is 35.1 Å². The number of aromatic nitrogens is 1. The molecule has 6 rings (SSSR count). The van der Waals surface area contributed by atoms with Crippen molar-refractivity contribution in [1.29, 1.82) is 0 Å². The number of amides is 3. The Kier molecular flexibility index (Phi) is 8.82. The van der Waals surface area contributed by atoms with Crippen molar-refractivity contribution in [3.05, 3.63) is 107 Å². The number of likely N-dealkylation sites (tertiary alicyclic amines) is 1. The molecule has 0 radical (unpaired) electrons. The standard InChI is InChI=1S/C35H35ClN6O3/c1-40-16-18-41(19-17-40)34(44)25-10-6-23(7-11-25)27-20-30(32(37)38-21-27)33(43)39-28-14-15-42(22-28)35(45)26-12-8-24(9-13-26)29-4-2-3-5-31(29)36/h2-13,20-21,28H,14-19,22H2,1H3,(H2,37,38)(H,39,43)/t28-/m1/s1. The van der Waals surface area contributed by atoms with E-state index in [4.69, 9.17) is 17.3 Å². The first-order valence-corrected chi connectivity index (χ1v) is 15.4. The van der Waals surface area contributed by atoms with Crippen LogP contribution in [0.1, 0.15) is 37.5 Å². The number of nitrogens with zero attached hydrogens (tertiary/aromatic N) is 4. The minimum absolute atomic E-state index is 0.0170. The van der Waals surface area contributed by atoms with Gasteiger partial charge in [0.15, 0.2) is 0 Å². The third-order valence-electron chi connectivity index (χ3n) is 8.55. The molecule has 2 aliphatic rings. The van der Waals surface area contributed by atoms with Crippen molar-refractivity contribution in [3.63, 3.8) is 0 Å². The average Bonchev–Trinajstić information content (AvgIpc) is 3.53. The summed E-state index contributed by atoms with van der Waals surface area (Å²) in [5, 5.41) is 3.69. The number of anilines is 1. The molecule has 4 aromatic rings. The topological polar surface area (TPSA) is 112 Å². The van der Waals surface area contributed by atoms with E-state index in [0.29, 0.717) is 48.7 Å². The Morgan fingerprint density at radius 1 is 0.800 bits per heavy atom. The number of carbonyl (C=O) groups excluding carboxylic acids is 3. The van der Waals surface area contributed by atoms with E-state index >= 15 is 0 Å². The first-order valence-electron chi connectivity index (χ1n) is 15.1. The number of likely N-dealkylation sites (N-methyl/N-ethyl adjacent to an activating group) is 1. The van der Waals surface area contributed by atoms with Gasteiger partial charge in [0.1, 0.15) is 5.82 Å². The van der Waals surface area contributed by atoms with E-state index in [0.717, 1.165) is 35.3 Å². The molecule has 0 saturated carbocycles. The Morgan fingerprint density at radius 2 is 1.42 bits per heavy atom. The Balaban J connectivity index is 1.07. The molecule has 0 bridgehead atoms. The first kappa shape index (κ1) is 30.3. The van der Waals surface area contributed by atoms with E-state index in [1.807, 2.05) is 53.4 Å². The summed E-state index contributed by atoms with van der Waals surface area (Å²) in [5.41, 5.74) is 11.0. The van der Waals surface area contributed by atoms with Gasteiger partial charge in [-0.2, -0.15) is 0 Å². The van der Waals surface area contributed by atoms with E-state index in [1.54, 1.807) is 41.4 Å². The first-order chi connectivity index (χ1) is 21.8. The Bertz CT molecular complexity index is 1720. The summed E-state index contributed by atoms with van der Waals surface area (Å²) >= 11 is 6.32. The smallest absolute Gasteiger partial charge is 0.255 e. The van der Waals surface area contributed by atoms with Crippen LogP contribution in [0.15, 0.2) is 85.1 Å². The van der Waals surface area contributed by atoms with Gasteiger partial charge in [-0.3, -0.25) is 14.4 Å². The quantitative estimate of drug-likeness (QED) is 0.323. The lowest BCUT2D eigenvalue weighted by Gasteiger charge is -2.32. The number of hydrogen-bond acceptors (Lipinski definition) is 6. The van der Waals surface area contributed by atoms with E-state index in [1.165, 1.54) is 0 Å². The largest absolute Gasteiger partial charge is 0.383 e. The van der Waals surface area contributed by atoms with Gasteiger partial charge >= 0.3 is 0 Å². The van der Waals surface area contributed by atoms with Crippen LogP contribution in [0.2, 0.25) is 5.02 Å². The van der Waals surface area contributed by atoms with Crippen LogP contribution in [0, 0.1) is 0 Å². The van der Waals surface area contributed by atoms with Crippen molar-refractivity contribution in [3.8, 4) is 22.3 Å². The van der Waals surface area contributed by atoms with Gasteiger partial charge in [0.05, 0.1) is 5.56 Å². The van der Waals surface area contributed by atoms with Crippen LogP contribution in [-0.4, -0.2) is 89.8 Å². The monoisotopic (exact) mass is 622 g/mol. The fourth-order valence-corrected chi connectivity index (χ4v) is 6.05. The Hall–Kier alpha value is -4.73. The van der Waals surface area contributed by atoms with Crippen LogP contribution in [0.25, 0.3) is 22.3 Å². The summed E-state index contributed by atoms with van der Waals surface area (Å²) in [6.07, 6.45) is 2.25. The number of nitrogens with two attached hydrogens (primary N) is 1. The second-order valence-electron chi connectivity index (χ2n) is 11.6. The number of benzene rings is 3. The number of halogens is 1. The zero-order valence-corrected chi connectivity index (χ0v) is 25.8. The van der Waals surface area contributed by atoms with E-state index in [2.05, 4.69) is 22.2 Å². The molecule has 0 aliphatic carbocycles. The number of piperazine rings is 1.